The predicted molar refractivity (Wildman–Crippen MR) is 124 cm³/mol. The minimum Gasteiger partial charge on any atom is -0.496 e. The van der Waals surface area contributed by atoms with Crippen LogP contribution in [0.1, 0.15) is 39.3 Å². The second kappa shape index (κ2) is 10.1. The van der Waals surface area contributed by atoms with Crippen molar-refractivity contribution in [2.24, 2.45) is 0 Å². The zero-order chi connectivity index (χ0) is 21.6. The van der Waals surface area contributed by atoms with Gasteiger partial charge in [0.2, 0.25) is 0 Å². The Morgan fingerprint density at radius 1 is 1.10 bits per heavy atom. The van der Waals surface area contributed by atoms with E-state index in [1.165, 1.54) is 9.78 Å². The van der Waals surface area contributed by atoms with Crippen LogP contribution in [0, 0.1) is 0 Å². The number of nitrogens with one attached hydrogen (secondary N) is 2. The molecule has 0 radical (unpaired) electrons. The molecule has 0 bridgehead atoms. The molecule has 2 N–H and O–H groups in total. The van der Waals surface area contributed by atoms with Gasteiger partial charge in [0.1, 0.15) is 29.9 Å². The summed E-state index contributed by atoms with van der Waals surface area (Å²) in [5.41, 5.74) is 2.94. The molecule has 31 heavy (non-hydrogen) atoms. The summed E-state index contributed by atoms with van der Waals surface area (Å²) in [6, 6.07) is 19.9. The van der Waals surface area contributed by atoms with Crippen LogP contribution in [-0.2, 0) is 11.2 Å². The van der Waals surface area contributed by atoms with Crippen molar-refractivity contribution in [3.05, 3.63) is 82.2 Å². The lowest BCUT2D eigenvalue weighted by molar-refractivity contribution is -0.933. The van der Waals surface area contributed by atoms with Gasteiger partial charge in [-0.3, -0.25) is 4.79 Å². The molecule has 4 rings (SSSR count). The largest absolute Gasteiger partial charge is 0.496 e. The Kier molecular flexibility index (Phi) is 7.02. The van der Waals surface area contributed by atoms with Crippen LogP contribution in [0.4, 0.5) is 5.00 Å². The molecule has 1 atom stereocenters. The maximum atomic E-state index is 13.0. The predicted octanol–water partition coefficient (Wildman–Crippen LogP) is 3.58. The van der Waals surface area contributed by atoms with Crippen molar-refractivity contribution in [1.82, 2.24) is 0 Å². The van der Waals surface area contributed by atoms with Crippen molar-refractivity contribution >= 4 is 22.2 Å². The first-order valence-corrected chi connectivity index (χ1v) is 11.6. The maximum Gasteiger partial charge on any atom is 0.256 e. The Morgan fingerprint density at radius 2 is 1.81 bits per heavy atom. The van der Waals surface area contributed by atoms with E-state index in [0.717, 1.165) is 54.6 Å². The number of para-hydroxylation sites is 1. The van der Waals surface area contributed by atoms with Crippen molar-refractivity contribution in [1.29, 1.82) is 0 Å². The molecule has 162 valence electrons. The quantitative estimate of drug-likeness (QED) is 0.594. The normalized spacial score (nSPS) is 15.4. The van der Waals surface area contributed by atoms with Gasteiger partial charge in [-0.2, -0.15) is 0 Å². The molecule has 1 amide bonds. The molecule has 1 aromatic heterocycles. The molecule has 0 aliphatic carbocycles. The van der Waals surface area contributed by atoms with Crippen LogP contribution >= 0.6 is 11.3 Å². The average molecular weight is 438 g/mol. The highest BCUT2D eigenvalue weighted by atomic mass is 32.1. The van der Waals surface area contributed by atoms with Crippen LogP contribution in [0.15, 0.2) is 60.7 Å². The number of morpholine rings is 1. The van der Waals surface area contributed by atoms with Gasteiger partial charge in [0, 0.05) is 16.0 Å². The molecular formula is C25H29N2O3S+. The molecule has 1 aliphatic rings. The van der Waals surface area contributed by atoms with Crippen LogP contribution in [-0.4, -0.2) is 39.3 Å². The molecule has 0 spiro atoms. The Bertz CT molecular complexity index is 1010. The lowest BCUT2D eigenvalue weighted by atomic mass is 9.96. The number of rotatable bonds is 7. The Labute approximate surface area is 187 Å². The lowest BCUT2D eigenvalue weighted by Gasteiger charge is -2.32. The van der Waals surface area contributed by atoms with Crippen molar-refractivity contribution in [3.63, 3.8) is 0 Å². The number of ether oxygens (including phenoxy) is 2. The molecule has 1 saturated heterocycles. The molecule has 6 heteroatoms. The minimum absolute atomic E-state index is 0.0580. The number of anilines is 1. The number of aryl methyl sites for hydroxylation is 1. The number of benzene rings is 2. The summed E-state index contributed by atoms with van der Waals surface area (Å²) in [6.45, 7) is 5.44. The van der Waals surface area contributed by atoms with E-state index in [9.17, 15) is 4.79 Å². The molecular weight excluding hydrogens is 408 g/mol. The summed E-state index contributed by atoms with van der Waals surface area (Å²) in [4.78, 5) is 15.6. The van der Waals surface area contributed by atoms with Crippen LogP contribution < -0.4 is 15.0 Å². The van der Waals surface area contributed by atoms with Crippen LogP contribution in [0.2, 0.25) is 0 Å². The van der Waals surface area contributed by atoms with E-state index in [0.29, 0.717) is 5.56 Å². The van der Waals surface area contributed by atoms with Crippen molar-refractivity contribution < 1.29 is 19.2 Å². The van der Waals surface area contributed by atoms with Gasteiger partial charge in [0.25, 0.3) is 5.91 Å². The van der Waals surface area contributed by atoms with E-state index in [2.05, 4.69) is 30.4 Å². The number of hydrogen-bond acceptors (Lipinski definition) is 4. The first kappa shape index (κ1) is 21.6. The minimum atomic E-state index is -0.0814. The van der Waals surface area contributed by atoms with E-state index < -0.39 is 0 Å². The highest BCUT2D eigenvalue weighted by Gasteiger charge is 2.33. The third-order valence-corrected chi connectivity index (χ3v) is 6.94. The molecule has 2 aromatic carbocycles. The summed E-state index contributed by atoms with van der Waals surface area (Å²) < 4.78 is 11.4. The van der Waals surface area contributed by atoms with Gasteiger partial charge in [0.15, 0.2) is 0 Å². The fourth-order valence-electron chi connectivity index (χ4n) is 4.14. The summed E-state index contributed by atoms with van der Waals surface area (Å²) in [5.74, 6) is 0.790. The SMILES string of the molecule is CCc1cc(C(c2ccccc2OC)[NH+]2CCOCC2)c(NC(=O)c2ccccc2)s1. The summed E-state index contributed by atoms with van der Waals surface area (Å²) in [5, 5.41) is 4.12. The van der Waals surface area contributed by atoms with E-state index >= 15 is 0 Å². The molecule has 2 heterocycles. The second-order valence-electron chi connectivity index (χ2n) is 7.62. The second-order valence-corrected chi connectivity index (χ2v) is 8.75. The number of carbonyl (C=O) groups is 1. The topological polar surface area (TPSA) is 52.0 Å². The van der Waals surface area contributed by atoms with Crippen molar-refractivity contribution in [2.45, 2.75) is 19.4 Å². The zero-order valence-corrected chi connectivity index (χ0v) is 18.8. The molecule has 3 aromatic rings. The molecule has 1 aliphatic heterocycles. The van der Waals surface area contributed by atoms with Crippen molar-refractivity contribution in [2.75, 3.05) is 38.7 Å². The summed E-state index contributed by atoms with van der Waals surface area (Å²) in [7, 11) is 1.72. The third kappa shape index (κ3) is 4.82. The lowest BCUT2D eigenvalue weighted by Crippen LogP contribution is -3.14. The fraction of sp³-hybridized carbons (Fsp3) is 0.320. The van der Waals surface area contributed by atoms with Crippen LogP contribution in [0.25, 0.3) is 0 Å². The average Bonchev–Trinajstić information content (AvgIpc) is 3.23. The number of thiophene rings is 1. The Hall–Kier alpha value is -2.67. The molecule has 1 fully saturated rings. The molecule has 0 saturated carbocycles. The van der Waals surface area contributed by atoms with Gasteiger partial charge in [-0.15, -0.1) is 11.3 Å². The highest BCUT2D eigenvalue weighted by Crippen LogP contribution is 2.38. The Morgan fingerprint density at radius 3 is 2.52 bits per heavy atom. The van der Waals surface area contributed by atoms with Gasteiger partial charge in [0.05, 0.1) is 25.9 Å². The first-order valence-electron chi connectivity index (χ1n) is 10.8. The van der Waals surface area contributed by atoms with E-state index in [1.54, 1.807) is 18.4 Å². The smallest absolute Gasteiger partial charge is 0.256 e. The summed E-state index contributed by atoms with van der Waals surface area (Å²) in [6.07, 6.45) is 0.927. The van der Waals surface area contributed by atoms with E-state index in [4.69, 9.17) is 9.47 Å². The van der Waals surface area contributed by atoms with Gasteiger partial charge in [-0.25, -0.2) is 0 Å². The van der Waals surface area contributed by atoms with E-state index in [-0.39, 0.29) is 11.9 Å². The number of quaternary nitrogens is 1. The number of amides is 1. The Balaban J connectivity index is 1.77. The number of hydrogen-bond donors (Lipinski definition) is 2. The zero-order valence-electron chi connectivity index (χ0n) is 18.0. The van der Waals surface area contributed by atoms with Gasteiger partial charge in [-0.05, 0) is 36.8 Å². The fourth-order valence-corrected chi connectivity index (χ4v) is 5.17. The van der Waals surface area contributed by atoms with Crippen LogP contribution in [0.3, 0.4) is 0 Å². The monoisotopic (exact) mass is 437 g/mol. The number of carbonyl (C=O) groups excluding carboxylic acids is 1. The van der Waals surface area contributed by atoms with E-state index in [1.807, 2.05) is 42.5 Å². The van der Waals surface area contributed by atoms with Crippen molar-refractivity contribution in [3.8, 4) is 5.75 Å². The summed E-state index contributed by atoms with van der Waals surface area (Å²) >= 11 is 1.67. The first-order chi connectivity index (χ1) is 15.2. The third-order valence-electron chi connectivity index (χ3n) is 5.73. The van der Waals surface area contributed by atoms with Gasteiger partial charge >= 0.3 is 0 Å². The van der Waals surface area contributed by atoms with Gasteiger partial charge in [-0.1, -0.05) is 37.3 Å². The maximum absolute atomic E-state index is 13.0. The highest BCUT2D eigenvalue weighted by molar-refractivity contribution is 7.16. The van der Waals surface area contributed by atoms with Crippen LogP contribution in [0.5, 0.6) is 5.75 Å². The molecule has 5 nitrogen and oxygen atoms in total. The number of methoxy groups -OCH3 is 1. The standard InChI is InChI=1S/C25H28N2O3S/c1-3-19-17-21(25(31-19)26-24(28)18-9-5-4-6-10-18)23(27-13-15-30-16-14-27)20-11-7-8-12-22(20)29-2/h4-12,17,23H,3,13-16H2,1-2H3,(H,26,28)/p+1. The van der Waals surface area contributed by atoms with Gasteiger partial charge < -0.3 is 19.7 Å². The molecule has 1 unspecified atom stereocenters.